The number of H-pyrrole nitrogens is 1. The van der Waals surface area contributed by atoms with E-state index in [-0.39, 0.29) is 18.4 Å². The fourth-order valence-corrected chi connectivity index (χ4v) is 2.59. The van der Waals surface area contributed by atoms with Gasteiger partial charge in [0.05, 0.1) is 0 Å². The molecule has 2 rings (SSSR count). The Labute approximate surface area is 131 Å². The van der Waals surface area contributed by atoms with Crippen molar-refractivity contribution in [1.82, 2.24) is 9.88 Å². The molecule has 2 aromatic rings. The average molecular weight is 353 g/mol. The average Bonchev–Trinajstić information content (AvgIpc) is 2.78. The van der Waals surface area contributed by atoms with Gasteiger partial charge in [0.25, 0.3) is 5.91 Å². The maximum Gasteiger partial charge on any atom is 0.323 e. The zero-order valence-corrected chi connectivity index (χ0v) is 13.5. The normalized spacial score (nSPS) is 11.0. The third-order valence-corrected chi connectivity index (χ3v) is 3.51. The number of rotatable bonds is 5. The highest BCUT2D eigenvalue weighted by molar-refractivity contribution is 9.10. The summed E-state index contributed by atoms with van der Waals surface area (Å²) in [5, 5.41) is 9.87. The van der Waals surface area contributed by atoms with Gasteiger partial charge in [-0.1, -0.05) is 29.8 Å². The third kappa shape index (κ3) is 3.85. The lowest BCUT2D eigenvalue weighted by atomic mass is 10.2. The number of carboxylic acids is 1. The Morgan fingerprint density at radius 3 is 2.67 bits per heavy atom. The number of carboxylic acid groups (broad SMARTS) is 1. The fourth-order valence-electron chi connectivity index (χ4n) is 2.21. The van der Waals surface area contributed by atoms with Crippen molar-refractivity contribution >= 4 is 38.7 Å². The molecule has 0 unspecified atom stereocenters. The van der Waals surface area contributed by atoms with Crippen LogP contribution in [0.4, 0.5) is 0 Å². The van der Waals surface area contributed by atoms with Gasteiger partial charge in [-0.3, -0.25) is 9.59 Å². The van der Waals surface area contributed by atoms with E-state index in [4.69, 9.17) is 5.11 Å². The molecule has 0 fully saturated rings. The van der Waals surface area contributed by atoms with Gasteiger partial charge in [-0.05, 0) is 30.2 Å². The Kier molecular flexibility index (Phi) is 4.67. The number of hydrogen-bond donors (Lipinski definition) is 2. The Morgan fingerprint density at radius 1 is 1.33 bits per heavy atom. The van der Waals surface area contributed by atoms with Gasteiger partial charge < -0.3 is 15.0 Å². The Hall–Kier alpha value is -1.82. The molecule has 0 aliphatic carbocycles. The van der Waals surface area contributed by atoms with Gasteiger partial charge in [-0.2, -0.15) is 0 Å². The second kappa shape index (κ2) is 6.30. The topological polar surface area (TPSA) is 73.4 Å². The maximum atomic E-state index is 12.5. The molecule has 0 radical (unpaired) electrons. The zero-order chi connectivity index (χ0) is 15.6. The van der Waals surface area contributed by atoms with Crippen LogP contribution in [0.5, 0.6) is 0 Å². The number of carbonyl (C=O) groups excluding carboxylic acids is 1. The van der Waals surface area contributed by atoms with E-state index in [0.29, 0.717) is 12.2 Å². The lowest BCUT2D eigenvalue weighted by Gasteiger charge is -2.22. The first-order chi connectivity index (χ1) is 9.86. The van der Waals surface area contributed by atoms with E-state index >= 15 is 0 Å². The minimum atomic E-state index is -1.01. The molecule has 1 aromatic carbocycles. The second-order valence-electron chi connectivity index (χ2n) is 5.39. The molecule has 6 heteroatoms. The number of aromatic amines is 1. The SMILES string of the molecule is CC(C)CN(CC(=O)O)C(=O)c1cc2cc(Br)ccc2[nH]1. The summed E-state index contributed by atoms with van der Waals surface area (Å²) in [6, 6.07) is 7.42. The van der Waals surface area contributed by atoms with Crippen LogP contribution in [0.25, 0.3) is 10.9 Å². The molecule has 0 bridgehead atoms. The van der Waals surface area contributed by atoms with Crippen molar-refractivity contribution in [2.24, 2.45) is 5.92 Å². The van der Waals surface area contributed by atoms with Crippen molar-refractivity contribution in [1.29, 1.82) is 0 Å². The molecule has 1 heterocycles. The smallest absolute Gasteiger partial charge is 0.323 e. The molecule has 0 aliphatic heterocycles. The Bertz CT molecular complexity index is 679. The van der Waals surface area contributed by atoms with E-state index in [9.17, 15) is 9.59 Å². The number of hydrogen-bond acceptors (Lipinski definition) is 2. The predicted molar refractivity (Wildman–Crippen MR) is 84.4 cm³/mol. The molecule has 0 aliphatic rings. The summed E-state index contributed by atoms with van der Waals surface area (Å²) in [4.78, 5) is 27.8. The summed E-state index contributed by atoms with van der Waals surface area (Å²) >= 11 is 3.39. The fraction of sp³-hybridized carbons (Fsp3) is 0.333. The lowest BCUT2D eigenvalue weighted by Crippen LogP contribution is -2.38. The van der Waals surface area contributed by atoms with E-state index in [0.717, 1.165) is 15.4 Å². The highest BCUT2D eigenvalue weighted by Gasteiger charge is 2.21. The second-order valence-corrected chi connectivity index (χ2v) is 6.30. The Balaban J connectivity index is 2.30. The summed E-state index contributed by atoms with van der Waals surface area (Å²) in [7, 11) is 0. The monoisotopic (exact) mass is 352 g/mol. The molecule has 2 N–H and O–H groups in total. The molecule has 0 saturated heterocycles. The quantitative estimate of drug-likeness (QED) is 0.868. The number of aromatic nitrogens is 1. The zero-order valence-electron chi connectivity index (χ0n) is 11.9. The number of carbonyl (C=O) groups is 2. The van der Waals surface area contributed by atoms with Gasteiger partial charge in [-0.25, -0.2) is 0 Å². The van der Waals surface area contributed by atoms with Gasteiger partial charge in [0, 0.05) is 21.9 Å². The number of fused-ring (bicyclic) bond motifs is 1. The van der Waals surface area contributed by atoms with Crippen molar-refractivity contribution in [2.45, 2.75) is 13.8 Å². The molecule has 1 amide bonds. The molecule has 112 valence electrons. The molecule has 0 saturated carbocycles. The Morgan fingerprint density at radius 2 is 2.05 bits per heavy atom. The number of aliphatic carboxylic acids is 1. The van der Waals surface area contributed by atoms with Crippen LogP contribution < -0.4 is 0 Å². The predicted octanol–water partition coefficient (Wildman–Crippen LogP) is 3.11. The van der Waals surface area contributed by atoms with Crippen molar-refractivity contribution in [3.63, 3.8) is 0 Å². The van der Waals surface area contributed by atoms with Crippen molar-refractivity contribution < 1.29 is 14.7 Å². The first-order valence-electron chi connectivity index (χ1n) is 6.66. The van der Waals surface area contributed by atoms with E-state index < -0.39 is 5.97 Å². The molecule has 1 aromatic heterocycles. The van der Waals surface area contributed by atoms with Crippen LogP contribution in [0.3, 0.4) is 0 Å². The molecule has 0 atom stereocenters. The van der Waals surface area contributed by atoms with Crippen LogP contribution in [0.2, 0.25) is 0 Å². The van der Waals surface area contributed by atoms with Crippen LogP contribution in [0.15, 0.2) is 28.7 Å². The lowest BCUT2D eigenvalue weighted by molar-refractivity contribution is -0.137. The van der Waals surface area contributed by atoms with Crippen LogP contribution in [-0.4, -0.2) is 40.0 Å². The molecular weight excluding hydrogens is 336 g/mol. The molecule has 0 spiro atoms. The number of amides is 1. The van der Waals surface area contributed by atoms with Crippen LogP contribution in [-0.2, 0) is 4.79 Å². The van der Waals surface area contributed by atoms with Gasteiger partial charge in [0.1, 0.15) is 12.2 Å². The standard InChI is InChI=1S/C15H17BrN2O3/c1-9(2)7-18(8-14(19)20)15(21)13-6-10-5-11(16)3-4-12(10)17-13/h3-6,9,17H,7-8H2,1-2H3,(H,19,20). The molecule has 5 nitrogen and oxygen atoms in total. The van der Waals surface area contributed by atoms with E-state index in [2.05, 4.69) is 20.9 Å². The van der Waals surface area contributed by atoms with Crippen molar-refractivity contribution in [3.8, 4) is 0 Å². The highest BCUT2D eigenvalue weighted by atomic mass is 79.9. The molecular formula is C15H17BrN2O3. The van der Waals surface area contributed by atoms with Gasteiger partial charge in [0.2, 0.25) is 0 Å². The molecule has 21 heavy (non-hydrogen) atoms. The number of benzene rings is 1. The van der Waals surface area contributed by atoms with Gasteiger partial charge in [-0.15, -0.1) is 0 Å². The van der Waals surface area contributed by atoms with Crippen molar-refractivity contribution in [2.75, 3.05) is 13.1 Å². The van der Waals surface area contributed by atoms with Gasteiger partial charge in [0.15, 0.2) is 0 Å². The number of halogens is 1. The van der Waals surface area contributed by atoms with Gasteiger partial charge >= 0.3 is 5.97 Å². The number of nitrogens with zero attached hydrogens (tertiary/aromatic N) is 1. The summed E-state index contributed by atoms with van der Waals surface area (Å²) in [5.74, 6) is -1.10. The van der Waals surface area contributed by atoms with Crippen molar-refractivity contribution in [3.05, 3.63) is 34.4 Å². The van der Waals surface area contributed by atoms with Crippen LogP contribution in [0.1, 0.15) is 24.3 Å². The van der Waals surface area contributed by atoms with Crippen LogP contribution in [0, 0.1) is 5.92 Å². The summed E-state index contributed by atoms with van der Waals surface area (Å²) < 4.78 is 0.928. The summed E-state index contributed by atoms with van der Waals surface area (Å²) in [5.41, 5.74) is 1.26. The maximum absolute atomic E-state index is 12.5. The minimum absolute atomic E-state index is 0.201. The third-order valence-electron chi connectivity index (χ3n) is 3.01. The first kappa shape index (κ1) is 15.6. The summed E-state index contributed by atoms with van der Waals surface area (Å²) in [6.07, 6.45) is 0. The van der Waals surface area contributed by atoms with E-state index in [1.807, 2.05) is 32.0 Å². The van der Waals surface area contributed by atoms with E-state index in [1.54, 1.807) is 6.07 Å². The van der Waals surface area contributed by atoms with Crippen LogP contribution >= 0.6 is 15.9 Å². The largest absolute Gasteiger partial charge is 0.480 e. The number of nitrogens with one attached hydrogen (secondary N) is 1. The van der Waals surface area contributed by atoms with E-state index in [1.165, 1.54) is 4.90 Å². The highest BCUT2D eigenvalue weighted by Crippen LogP contribution is 2.21. The minimum Gasteiger partial charge on any atom is -0.480 e. The first-order valence-corrected chi connectivity index (χ1v) is 7.45. The summed E-state index contributed by atoms with van der Waals surface area (Å²) in [6.45, 7) is 4.01.